The lowest BCUT2D eigenvalue weighted by Crippen LogP contribution is -2.06. The normalized spacial score (nSPS) is 10.0. The number of aromatic nitrogens is 2. The van der Waals surface area contributed by atoms with Gasteiger partial charge in [-0.1, -0.05) is 18.2 Å². The van der Waals surface area contributed by atoms with Crippen LogP contribution in [0.5, 0.6) is 5.75 Å². The molecular formula is C23H24N4O2. The Kier molecular flexibility index (Phi) is 6.37. The Morgan fingerprint density at radius 3 is 2.17 bits per heavy atom. The van der Waals surface area contributed by atoms with Crippen molar-refractivity contribution in [3.8, 4) is 28.0 Å². The molecule has 29 heavy (non-hydrogen) atoms. The lowest BCUT2D eigenvalue weighted by molar-refractivity contribution is -0.114. The van der Waals surface area contributed by atoms with Crippen LogP contribution in [0.2, 0.25) is 0 Å². The molecule has 148 valence electrons. The highest BCUT2D eigenvalue weighted by atomic mass is 16.5. The van der Waals surface area contributed by atoms with Crippen molar-refractivity contribution in [2.45, 2.75) is 6.92 Å². The van der Waals surface area contributed by atoms with Crippen molar-refractivity contribution in [1.82, 2.24) is 9.97 Å². The molecule has 6 nitrogen and oxygen atoms in total. The Morgan fingerprint density at radius 2 is 1.59 bits per heavy atom. The SMILES string of the molecule is CC(=O)Nc1ccccc1-c1cc[nH]c1.COc1ccc(N)c(-c2cc[nH]c2)c1. The first-order valence-electron chi connectivity index (χ1n) is 9.15. The van der Waals surface area contributed by atoms with Crippen LogP contribution >= 0.6 is 0 Å². The van der Waals surface area contributed by atoms with Crippen molar-refractivity contribution < 1.29 is 9.53 Å². The molecule has 0 atom stereocenters. The number of aromatic amines is 2. The van der Waals surface area contributed by atoms with Gasteiger partial charge in [0.15, 0.2) is 0 Å². The van der Waals surface area contributed by atoms with Gasteiger partial charge in [0.25, 0.3) is 0 Å². The van der Waals surface area contributed by atoms with Gasteiger partial charge in [-0.3, -0.25) is 4.79 Å². The summed E-state index contributed by atoms with van der Waals surface area (Å²) in [5, 5.41) is 2.81. The lowest BCUT2D eigenvalue weighted by Gasteiger charge is -2.07. The molecule has 2 aromatic carbocycles. The molecule has 5 N–H and O–H groups in total. The summed E-state index contributed by atoms with van der Waals surface area (Å²) in [6, 6.07) is 17.3. The van der Waals surface area contributed by atoms with E-state index in [4.69, 9.17) is 10.5 Å². The third-order valence-corrected chi connectivity index (χ3v) is 4.32. The van der Waals surface area contributed by atoms with Crippen molar-refractivity contribution in [2.24, 2.45) is 0 Å². The molecule has 0 aliphatic rings. The van der Waals surface area contributed by atoms with E-state index in [-0.39, 0.29) is 5.91 Å². The van der Waals surface area contributed by atoms with Crippen molar-refractivity contribution in [3.05, 3.63) is 79.4 Å². The molecule has 0 unspecified atom stereocenters. The average Bonchev–Trinajstić information content (AvgIpc) is 3.43. The first-order chi connectivity index (χ1) is 14.1. The number of carbonyl (C=O) groups excluding carboxylic acids is 1. The van der Waals surface area contributed by atoms with Crippen LogP contribution in [0.25, 0.3) is 22.3 Å². The summed E-state index contributed by atoms with van der Waals surface area (Å²) in [5.41, 5.74) is 11.6. The third kappa shape index (κ3) is 5.07. The molecule has 2 aromatic heterocycles. The molecule has 0 saturated carbocycles. The molecule has 4 rings (SSSR count). The number of nitrogens with two attached hydrogens (primary N) is 1. The monoisotopic (exact) mass is 388 g/mol. The molecule has 0 aliphatic heterocycles. The molecule has 0 bridgehead atoms. The van der Waals surface area contributed by atoms with Crippen LogP contribution < -0.4 is 15.8 Å². The van der Waals surface area contributed by atoms with E-state index in [0.717, 1.165) is 39.4 Å². The number of anilines is 2. The molecule has 0 fully saturated rings. The number of benzene rings is 2. The van der Waals surface area contributed by atoms with Gasteiger partial charge in [0, 0.05) is 65.3 Å². The van der Waals surface area contributed by atoms with Crippen LogP contribution in [0.1, 0.15) is 6.92 Å². The number of hydrogen-bond donors (Lipinski definition) is 4. The Bertz CT molecular complexity index is 1050. The minimum Gasteiger partial charge on any atom is -0.497 e. The average molecular weight is 388 g/mol. The largest absolute Gasteiger partial charge is 0.497 e. The third-order valence-electron chi connectivity index (χ3n) is 4.32. The van der Waals surface area contributed by atoms with Gasteiger partial charge in [-0.25, -0.2) is 0 Å². The summed E-state index contributed by atoms with van der Waals surface area (Å²) >= 11 is 0. The Morgan fingerprint density at radius 1 is 0.931 bits per heavy atom. The Hall–Kier alpha value is -3.93. The second-order valence-electron chi connectivity index (χ2n) is 6.38. The number of nitrogen functional groups attached to an aromatic ring is 1. The molecule has 0 spiro atoms. The zero-order chi connectivity index (χ0) is 20.6. The number of rotatable bonds is 4. The predicted molar refractivity (Wildman–Crippen MR) is 118 cm³/mol. The van der Waals surface area contributed by atoms with Gasteiger partial charge in [0.05, 0.1) is 7.11 Å². The van der Waals surface area contributed by atoms with Gasteiger partial charge in [0.2, 0.25) is 5.91 Å². The van der Waals surface area contributed by atoms with E-state index in [1.54, 1.807) is 7.11 Å². The molecule has 1 amide bonds. The Labute approximate surface area is 169 Å². The maximum Gasteiger partial charge on any atom is 0.221 e. The van der Waals surface area contributed by atoms with Gasteiger partial charge >= 0.3 is 0 Å². The summed E-state index contributed by atoms with van der Waals surface area (Å²) in [6.07, 6.45) is 7.54. The molecule has 2 heterocycles. The Balaban J connectivity index is 0.000000166. The van der Waals surface area contributed by atoms with Crippen molar-refractivity contribution in [2.75, 3.05) is 18.2 Å². The van der Waals surface area contributed by atoms with E-state index in [0.29, 0.717) is 0 Å². The highest BCUT2D eigenvalue weighted by molar-refractivity contribution is 5.93. The maximum atomic E-state index is 11.0. The van der Waals surface area contributed by atoms with Crippen molar-refractivity contribution in [1.29, 1.82) is 0 Å². The number of nitrogens with one attached hydrogen (secondary N) is 3. The van der Waals surface area contributed by atoms with Crippen molar-refractivity contribution in [3.63, 3.8) is 0 Å². The maximum absolute atomic E-state index is 11.0. The molecule has 0 aliphatic carbocycles. The smallest absolute Gasteiger partial charge is 0.221 e. The zero-order valence-corrected chi connectivity index (χ0v) is 16.4. The highest BCUT2D eigenvalue weighted by Crippen LogP contribution is 2.29. The van der Waals surface area contributed by atoms with Gasteiger partial charge in [0.1, 0.15) is 5.75 Å². The standard InChI is InChI=1S/C12H12N2O.C11H12N2O/c1-9(15)14-12-5-3-2-4-11(12)10-6-7-13-8-10;1-14-9-2-3-11(12)10(6-9)8-4-5-13-7-8/h2-8,13H,1H3,(H,14,15);2-7,13H,12H2,1H3. The van der Waals surface area contributed by atoms with E-state index >= 15 is 0 Å². The molecule has 0 radical (unpaired) electrons. The first-order valence-corrected chi connectivity index (χ1v) is 9.15. The fourth-order valence-corrected chi connectivity index (χ4v) is 2.93. The minimum atomic E-state index is -0.0574. The number of amides is 1. The van der Waals surface area contributed by atoms with Gasteiger partial charge in [-0.2, -0.15) is 0 Å². The van der Waals surface area contributed by atoms with Gasteiger partial charge in [-0.15, -0.1) is 0 Å². The van der Waals surface area contributed by atoms with E-state index in [9.17, 15) is 4.79 Å². The van der Waals surface area contributed by atoms with Crippen LogP contribution in [0, 0.1) is 0 Å². The topological polar surface area (TPSA) is 95.9 Å². The highest BCUT2D eigenvalue weighted by Gasteiger charge is 2.05. The summed E-state index contributed by atoms with van der Waals surface area (Å²) in [4.78, 5) is 17.0. The number of para-hydroxylation sites is 1. The van der Waals surface area contributed by atoms with E-state index in [2.05, 4.69) is 15.3 Å². The van der Waals surface area contributed by atoms with E-state index in [1.807, 2.05) is 79.4 Å². The van der Waals surface area contributed by atoms with E-state index < -0.39 is 0 Å². The summed E-state index contributed by atoms with van der Waals surface area (Å²) in [6.45, 7) is 1.51. The van der Waals surface area contributed by atoms with Crippen molar-refractivity contribution >= 4 is 17.3 Å². The molecule has 6 heteroatoms. The van der Waals surface area contributed by atoms with Crippen LogP contribution in [-0.4, -0.2) is 23.0 Å². The summed E-state index contributed by atoms with van der Waals surface area (Å²) in [5.74, 6) is 0.758. The number of hydrogen-bond acceptors (Lipinski definition) is 3. The summed E-state index contributed by atoms with van der Waals surface area (Å²) < 4.78 is 5.14. The molecule has 0 saturated heterocycles. The predicted octanol–water partition coefficient (Wildman–Crippen LogP) is 4.91. The summed E-state index contributed by atoms with van der Waals surface area (Å²) in [7, 11) is 1.65. The number of H-pyrrole nitrogens is 2. The number of methoxy groups -OCH3 is 1. The second-order valence-corrected chi connectivity index (χ2v) is 6.38. The number of ether oxygens (including phenoxy) is 1. The molecule has 4 aromatic rings. The fourth-order valence-electron chi connectivity index (χ4n) is 2.93. The zero-order valence-electron chi connectivity index (χ0n) is 16.4. The molecular weight excluding hydrogens is 364 g/mol. The van der Waals surface area contributed by atoms with Crippen LogP contribution in [-0.2, 0) is 4.79 Å². The first kappa shape index (κ1) is 19.8. The van der Waals surface area contributed by atoms with E-state index in [1.165, 1.54) is 6.92 Å². The van der Waals surface area contributed by atoms with Crippen LogP contribution in [0.4, 0.5) is 11.4 Å². The van der Waals surface area contributed by atoms with Gasteiger partial charge in [-0.05, 0) is 36.4 Å². The second kappa shape index (κ2) is 9.32. The lowest BCUT2D eigenvalue weighted by atomic mass is 10.1. The van der Waals surface area contributed by atoms with Crippen LogP contribution in [0.15, 0.2) is 79.4 Å². The number of carbonyl (C=O) groups is 1. The minimum absolute atomic E-state index is 0.0574. The fraction of sp³-hybridized carbons (Fsp3) is 0.0870. The van der Waals surface area contributed by atoms with Gasteiger partial charge < -0.3 is 25.8 Å². The van der Waals surface area contributed by atoms with Crippen LogP contribution in [0.3, 0.4) is 0 Å². The quantitative estimate of drug-likeness (QED) is 0.374.